The summed E-state index contributed by atoms with van der Waals surface area (Å²) in [5.74, 6) is -0.00919. The lowest BCUT2D eigenvalue weighted by Gasteiger charge is -1.88. The molecule has 1 aliphatic rings. The number of amidine groups is 1. The fraction of sp³-hybridized carbons (Fsp3) is 0.222. The summed E-state index contributed by atoms with van der Waals surface area (Å²) in [6.07, 6.45) is 1.67. The van der Waals surface area contributed by atoms with Crippen molar-refractivity contribution in [3.05, 3.63) is 22.4 Å². The smallest absolute Gasteiger partial charge is 0.239 e. The average Bonchev–Trinajstić information content (AvgIpc) is 2.79. The molecule has 2 rings (SSSR count). The fourth-order valence-electron chi connectivity index (χ4n) is 1.01. The Labute approximate surface area is 95.5 Å². The van der Waals surface area contributed by atoms with Gasteiger partial charge < -0.3 is 5.32 Å². The molecule has 0 saturated carbocycles. The molecular formula is C9H9N3OS2. The van der Waals surface area contributed by atoms with E-state index in [1.807, 2.05) is 24.4 Å². The molecule has 1 fully saturated rings. The highest BCUT2D eigenvalue weighted by Gasteiger charge is 2.25. The zero-order chi connectivity index (χ0) is 10.7. The number of carbonyl (C=O) groups excluding carboxylic acids is 1. The van der Waals surface area contributed by atoms with E-state index in [1.165, 1.54) is 11.8 Å². The van der Waals surface area contributed by atoms with Crippen molar-refractivity contribution in [3.8, 4) is 0 Å². The summed E-state index contributed by atoms with van der Waals surface area (Å²) in [6, 6.07) is 3.91. The van der Waals surface area contributed by atoms with Gasteiger partial charge in [-0.15, -0.1) is 16.4 Å². The van der Waals surface area contributed by atoms with Crippen LogP contribution in [0.4, 0.5) is 0 Å². The normalized spacial score (nSPS) is 23.9. The zero-order valence-corrected chi connectivity index (χ0v) is 9.64. The van der Waals surface area contributed by atoms with Gasteiger partial charge in [0.05, 0.1) is 11.5 Å². The second kappa shape index (κ2) is 4.59. The predicted molar refractivity (Wildman–Crippen MR) is 64.5 cm³/mol. The van der Waals surface area contributed by atoms with Crippen LogP contribution < -0.4 is 5.32 Å². The van der Waals surface area contributed by atoms with Crippen LogP contribution in [0.2, 0.25) is 0 Å². The number of rotatable bonds is 2. The highest BCUT2D eigenvalue weighted by atomic mass is 32.2. The van der Waals surface area contributed by atoms with Crippen LogP contribution >= 0.6 is 23.1 Å². The Morgan fingerprint density at radius 3 is 3.07 bits per heavy atom. The zero-order valence-electron chi connectivity index (χ0n) is 8.01. The Kier molecular flexibility index (Phi) is 3.17. The van der Waals surface area contributed by atoms with Gasteiger partial charge in [-0.2, -0.15) is 5.10 Å². The topological polar surface area (TPSA) is 53.8 Å². The van der Waals surface area contributed by atoms with Crippen LogP contribution in [0.3, 0.4) is 0 Å². The van der Waals surface area contributed by atoms with Gasteiger partial charge in [0, 0.05) is 4.88 Å². The molecule has 1 atom stereocenters. The first-order valence-electron chi connectivity index (χ1n) is 4.38. The molecule has 15 heavy (non-hydrogen) atoms. The molecule has 0 bridgehead atoms. The van der Waals surface area contributed by atoms with Gasteiger partial charge in [-0.25, -0.2) is 0 Å². The minimum absolute atomic E-state index is 0.00919. The highest BCUT2D eigenvalue weighted by molar-refractivity contribution is 8.15. The van der Waals surface area contributed by atoms with Crippen molar-refractivity contribution < 1.29 is 4.79 Å². The minimum Gasteiger partial charge on any atom is -0.303 e. The molecule has 0 aromatic carbocycles. The van der Waals surface area contributed by atoms with Crippen molar-refractivity contribution in [1.82, 2.24) is 5.32 Å². The molecule has 1 aromatic heterocycles. The summed E-state index contributed by atoms with van der Waals surface area (Å²) in [5.41, 5.74) is 0. The van der Waals surface area contributed by atoms with Crippen molar-refractivity contribution in [2.45, 2.75) is 12.2 Å². The molecule has 1 saturated heterocycles. The quantitative estimate of drug-likeness (QED) is 0.630. The van der Waals surface area contributed by atoms with Gasteiger partial charge in [-0.1, -0.05) is 17.8 Å². The Morgan fingerprint density at radius 1 is 1.60 bits per heavy atom. The maximum Gasteiger partial charge on any atom is 0.239 e. The molecule has 2 heterocycles. The van der Waals surface area contributed by atoms with Crippen LogP contribution in [0.25, 0.3) is 0 Å². The summed E-state index contributed by atoms with van der Waals surface area (Å²) in [4.78, 5) is 12.2. The lowest BCUT2D eigenvalue weighted by molar-refractivity contribution is -0.118. The van der Waals surface area contributed by atoms with Gasteiger partial charge in [0.1, 0.15) is 0 Å². The molecule has 6 heteroatoms. The third kappa shape index (κ3) is 2.66. The van der Waals surface area contributed by atoms with E-state index in [4.69, 9.17) is 0 Å². The number of hydrogen-bond acceptors (Lipinski definition) is 5. The Hall–Kier alpha value is -1.14. The van der Waals surface area contributed by atoms with Crippen molar-refractivity contribution in [1.29, 1.82) is 0 Å². The van der Waals surface area contributed by atoms with Gasteiger partial charge in [0.15, 0.2) is 5.17 Å². The predicted octanol–water partition coefficient (Wildman–Crippen LogP) is 1.69. The molecule has 1 amide bonds. The van der Waals surface area contributed by atoms with E-state index in [9.17, 15) is 4.79 Å². The van der Waals surface area contributed by atoms with Crippen LogP contribution in [0.5, 0.6) is 0 Å². The number of thiophene rings is 1. The largest absolute Gasteiger partial charge is 0.303 e. The summed E-state index contributed by atoms with van der Waals surface area (Å²) >= 11 is 2.98. The van der Waals surface area contributed by atoms with Crippen LogP contribution in [-0.4, -0.2) is 22.5 Å². The van der Waals surface area contributed by atoms with Crippen LogP contribution in [-0.2, 0) is 4.79 Å². The van der Waals surface area contributed by atoms with Gasteiger partial charge in [0.2, 0.25) is 5.91 Å². The summed E-state index contributed by atoms with van der Waals surface area (Å²) in [7, 11) is 0. The van der Waals surface area contributed by atoms with Crippen molar-refractivity contribution in [3.63, 3.8) is 0 Å². The Bertz CT molecular complexity index is 411. The van der Waals surface area contributed by atoms with Crippen molar-refractivity contribution in [2.24, 2.45) is 10.2 Å². The van der Waals surface area contributed by atoms with Gasteiger partial charge in [0.25, 0.3) is 0 Å². The van der Waals surface area contributed by atoms with Crippen LogP contribution in [0, 0.1) is 0 Å². The second-order valence-electron chi connectivity index (χ2n) is 2.91. The molecule has 1 N–H and O–H groups in total. The Morgan fingerprint density at radius 2 is 2.47 bits per heavy atom. The maximum absolute atomic E-state index is 11.1. The van der Waals surface area contributed by atoms with Gasteiger partial charge in [-0.3, -0.25) is 4.79 Å². The van der Waals surface area contributed by atoms with Crippen molar-refractivity contribution >= 4 is 40.4 Å². The lowest BCUT2D eigenvalue weighted by Crippen LogP contribution is -2.23. The summed E-state index contributed by atoms with van der Waals surface area (Å²) in [6.45, 7) is 1.84. The molecule has 1 unspecified atom stereocenters. The summed E-state index contributed by atoms with van der Waals surface area (Å²) < 4.78 is 0. The summed E-state index contributed by atoms with van der Waals surface area (Å²) in [5, 5.41) is 12.9. The molecule has 1 aliphatic heterocycles. The number of nitrogens with one attached hydrogen (secondary N) is 1. The monoisotopic (exact) mass is 239 g/mol. The van der Waals surface area contributed by atoms with E-state index >= 15 is 0 Å². The van der Waals surface area contributed by atoms with E-state index in [0.717, 1.165) is 4.88 Å². The van der Waals surface area contributed by atoms with Crippen LogP contribution in [0.15, 0.2) is 27.7 Å². The van der Waals surface area contributed by atoms with Gasteiger partial charge in [-0.05, 0) is 18.4 Å². The highest BCUT2D eigenvalue weighted by Crippen LogP contribution is 2.18. The molecule has 0 spiro atoms. The second-order valence-corrected chi connectivity index (χ2v) is 5.22. The standard InChI is InChI=1S/C9H9N3OS2/c1-6-8(13)11-9(15-6)12-10-5-7-3-2-4-14-7/h2-6H,1H3,(H,11,12,13)/b10-5+. The Balaban J connectivity index is 1.98. The lowest BCUT2D eigenvalue weighted by atomic mass is 10.4. The number of thioether (sulfide) groups is 1. The molecular weight excluding hydrogens is 230 g/mol. The number of carbonyl (C=O) groups is 1. The average molecular weight is 239 g/mol. The molecule has 4 nitrogen and oxygen atoms in total. The first kappa shape index (κ1) is 10.4. The first-order chi connectivity index (χ1) is 7.25. The van der Waals surface area contributed by atoms with Crippen molar-refractivity contribution in [2.75, 3.05) is 0 Å². The molecule has 0 radical (unpaired) electrons. The number of amides is 1. The van der Waals surface area contributed by atoms with E-state index < -0.39 is 0 Å². The molecule has 1 aromatic rings. The maximum atomic E-state index is 11.1. The van der Waals surface area contributed by atoms with E-state index in [-0.39, 0.29) is 11.2 Å². The SMILES string of the molecule is CC1S/C(=N\N=C\c2cccs2)NC1=O. The fourth-order valence-corrected chi connectivity index (χ4v) is 2.34. The number of nitrogens with zero attached hydrogens (tertiary/aromatic N) is 2. The first-order valence-corrected chi connectivity index (χ1v) is 6.13. The number of hydrogen-bond donors (Lipinski definition) is 1. The third-order valence-corrected chi connectivity index (χ3v) is 3.55. The third-order valence-electron chi connectivity index (χ3n) is 1.76. The van der Waals surface area contributed by atoms with E-state index in [1.54, 1.807) is 17.6 Å². The van der Waals surface area contributed by atoms with E-state index in [2.05, 4.69) is 15.5 Å². The molecule has 0 aliphatic carbocycles. The minimum atomic E-state index is -0.0688. The van der Waals surface area contributed by atoms with Crippen LogP contribution in [0.1, 0.15) is 11.8 Å². The van der Waals surface area contributed by atoms with E-state index in [0.29, 0.717) is 5.17 Å². The molecule has 78 valence electrons. The van der Waals surface area contributed by atoms with Gasteiger partial charge >= 0.3 is 0 Å².